The van der Waals surface area contributed by atoms with E-state index in [1.165, 1.54) is 13.8 Å². The molecule has 0 fully saturated rings. The Balaban J connectivity index is 0.000000826. The van der Waals surface area contributed by atoms with E-state index in [9.17, 15) is 38.4 Å². The van der Waals surface area contributed by atoms with E-state index in [4.69, 9.17) is 36.5 Å². The first-order valence-electron chi connectivity index (χ1n) is 14.3. The number of nitrogens with zero attached hydrogens (tertiary/aromatic N) is 4. The molecule has 0 bridgehead atoms. The first-order valence-corrected chi connectivity index (χ1v) is 15.6. The fraction of sp³-hybridized carbons (Fsp3) is 0.538. The van der Waals surface area contributed by atoms with Crippen LogP contribution in [0.25, 0.3) is 0 Å². The Labute approximate surface area is 278 Å². The van der Waals surface area contributed by atoms with Crippen molar-refractivity contribution in [3.05, 3.63) is 53.1 Å². The monoisotopic (exact) mass is 724 g/mol. The van der Waals surface area contributed by atoms with Gasteiger partial charge in [-0.1, -0.05) is 0 Å². The normalized spacial score (nSPS) is 10.5. The molecule has 0 atom stereocenters. The maximum atomic E-state index is 12.3. The number of aromatic nitrogens is 4. The molecule has 0 aromatic carbocycles. The lowest BCUT2D eigenvalue weighted by atomic mass is 10.3. The predicted octanol–water partition coefficient (Wildman–Crippen LogP) is -4.70. The summed E-state index contributed by atoms with van der Waals surface area (Å²) in [6.07, 6.45) is 0. The molecular weight excluding hydrogens is 684 g/mol. The number of hydrogen-bond donors (Lipinski definition) is 2. The summed E-state index contributed by atoms with van der Waals surface area (Å²) in [7, 11) is -5.17. The van der Waals surface area contributed by atoms with Crippen molar-refractivity contribution in [2.45, 2.75) is 67.7 Å². The average Bonchev–Trinajstić information content (AvgIpc) is 3.00. The standard InChI is InChI=1S/2C13H19N3O6.H2O4S/c2*1-4-21-9(17)6-15-8(3)11(14)12(19)16(13(15)20)7-10(18)22-5-2;1-5(2,3)4/h2*4-7,14H2,1-3H3;(H2,1,2,3,4). The minimum absolute atomic E-state index is 0.0354. The maximum Gasteiger partial charge on any atom is 0.332 e. The zero-order chi connectivity index (χ0) is 38.2. The van der Waals surface area contributed by atoms with Crippen molar-refractivity contribution >= 4 is 45.7 Å². The minimum atomic E-state index is -5.17. The van der Waals surface area contributed by atoms with Crippen LogP contribution in [0.15, 0.2) is 19.2 Å². The lowest BCUT2D eigenvalue weighted by Crippen LogP contribution is -2.54. The van der Waals surface area contributed by atoms with Gasteiger partial charge in [0.25, 0.3) is 0 Å². The smallest absolute Gasteiger partial charge is 0.332 e. The molecule has 2 heterocycles. The van der Waals surface area contributed by atoms with Crippen molar-refractivity contribution in [3.8, 4) is 0 Å². The van der Waals surface area contributed by atoms with Gasteiger partial charge in [0.05, 0.1) is 37.8 Å². The van der Waals surface area contributed by atoms with Crippen molar-refractivity contribution < 1.29 is 67.1 Å². The number of carbonyl (C=O) groups excluding carboxylic acids is 4. The first-order chi connectivity index (χ1) is 22.7. The Hall–Kier alpha value is -4.97. The summed E-state index contributed by atoms with van der Waals surface area (Å²) < 4.78 is 56.6. The van der Waals surface area contributed by atoms with E-state index in [0.717, 1.165) is 9.13 Å². The summed E-state index contributed by atoms with van der Waals surface area (Å²) in [5, 5.41) is 0. The van der Waals surface area contributed by atoms with Crippen LogP contribution >= 0.6 is 0 Å². The zero-order valence-corrected chi connectivity index (χ0v) is 28.6. The average molecular weight is 725 g/mol. The Morgan fingerprint density at radius 3 is 0.959 bits per heavy atom. The summed E-state index contributed by atoms with van der Waals surface area (Å²) in [5.41, 5.74) is 4.83. The molecule has 0 amide bonds. The third kappa shape index (κ3) is 14.4. The van der Waals surface area contributed by atoms with Crippen molar-refractivity contribution in [1.82, 2.24) is 18.3 Å². The molecule has 0 aliphatic heterocycles. The number of esters is 4. The summed E-state index contributed by atoms with van der Waals surface area (Å²) in [6, 6.07) is 0. The van der Waals surface area contributed by atoms with Gasteiger partial charge in [0.2, 0.25) is 11.4 Å². The molecule has 2 aromatic rings. The molecule has 2 rings (SSSR count). The van der Waals surface area contributed by atoms with E-state index in [0.29, 0.717) is 9.13 Å². The van der Waals surface area contributed by atoms with Gasteiger partial charge in [0, 0.05) is 10.4 Å². The molecule has 0 spiro atoms. The van der Waals surface area contributed by atoms with Crippen molar-refractivity contribution in [1.29, 1.82) is 0 Å². The van der Waals surface area contributed by atoms with Gasteiger partial charge in [0.1, 0.15) is 26.2 Å². The van der Waals surface area contributed by atoms with Crippen LogP contribution in [0.1, 0.15) is 39.1 Å². The molecule has 6 N–H and O–H groups in total. The predicted molar refractivity (Wildman–Crippen MR) is 162 cm³/mol. The highest BCUT2D eigenvalue weighted by molar-refractivity contribution is 7.79. The van der Waals surface area contributed by atoms with Crippen LogP contribution in [-0.4, -0.2) is 86.1 Å². The molecule has 0 aliphatic rings. The molecule has 0 saturated carbocycles. The van der Waals surface area contributed by atoms with Gasteiger partial charge in [-0.25, -0.2) is 18.7 Å². The number of rotatable bonds is 12. The molecule has 22 nitrogen and oxygen atoms in total. The fourth-order valence-corrected chi connectivity index (χ4v) is 3.71. The lowest BCUT2D eigenvalue weighted by molar-refractivity contribution is -0.259. The quantitative estimate of drug-likeness (QED) is 0.0898. The zero-order valence-electron chi connectivity index (χ0n) is 27.8. The Morgan fingerprint density at radius 1 is 0.551 bits per heavy atom. The second-order valence-corrected chi connectivity index (χ2v) is 10.1. The molecule has 276 valence electrons. The van der Waals surface area contributed by atoms with Gasteiger partial charge in [-0.05, 0) is 41.5 Å². The van der Waals surface area contributed by atoms with Gasteiger partial charge in [-0.3, -0.25) is 46.3 Å². The third-order valence-electron chi connectivity index (χ3n) is 5.98. The molecule has 2 aromatic heterocycles. The Morgan fingerprint density at radius 2 is 0.755 bits per heavy atom. The Kier molecular flexibility index (Phi) is 18.3. The lowest BCUT2D eigenvalue weighted by Gasteiger charge is -2.12. The van der Waals surface area contributed by atoms with E-state index < -0.39 is 69.9 Å². The Bertz CT molecular complexity index is 1730. The second-order valence-electron chi connectivity index (χ2n) is 9.28. The summed E-state index contributed by atoms with van der Waals surface area (Å²) in [4.78, 5) is 95.0. The van der Waals surface area contributed by atoms with Crippen molar-refractivity contribution in [2.24, 2.45) is 0 Å². The second kappa shape index (κ2) is 20.4. The molecule has 0 aliphatic carbocycles. The maximum absolute atomic E-state index is 12.3. The highest BCUT2D eigenvalue weighted by Gasteiger charge is 2.22. The van der Waals surface area contributed by atoms with Crippen LogP contribution in [0.2, 0.25) is 0 Å². The van der Waals surface area contributed by atoms with Gasteiger partial charge < -0.3 is 39.5 Å². The molecular formula is C26H40N6O16S. The van der Waals surface area contributed by atoms with Crippen LogP contribution in [0.4, 0.5) is 11.4 Å². The van der Waals surface area contributed by atoms with Crippen LogP contribution < -0.4 is 34.0 Å². The summed E-state index contributed by atoms with van der Waals surface area (Å²) in [6.45, 7) is 8.34. The number of quaternary nitrogens is 2. The topological polar surface area (TPSA) is 329 Å². The highest BCUT2D eigenvalue weighted by atomic mass is 32.3. The van der Waals surface area contributed by atoms with Gasteiger partial charge in [-0.2, -0.15) is 0 Å². The van der Waals surface area contributed by atoms with E-state index in [-0.39, 0.29) is 62.3 Å². The number of ether oxygens (including phenoxy) is 4. The van der Waals surface area contributed by atoms with Crippen LogP contribution in [-0.2, 0) is 74.7 Å². The molecule has 0 unspecified atom stereocenters. The highest BCUT2D eigenvalue weighted by Crippen LogP contribution is 2.02. The van der Waals surface area contributed by atoms with E-state index in [2.05, 4.69) is 11.5 Å². The fourth-order valence-electron chi connectivity index (χ4n) is 3.71. The first kappa shape index (κ1) is 44.0. The molecule has 23 heteroatoms. The van der Waals surface area contributed by atoms with E-state index >= 15 is 0 Å². The molecule has 49 heavy (non-hydrogen) atoms. The summed E-state index contributed by atoms with van der Waals surface area (Å²) in [5.74, 6) is -2.66. The summed E-state index contributed by atoms with van der Waals surface area (Å²) >= 11 is 0. The van der Waals surface area contributed by atoms with E-state index in [1.807, 2.05) is 0 Å². The minimum Gasteiger partial charge on any atom is -0.759 e. The van der Waals surface area contributed by atoms with Crippen LogP contribution in [0, 0.1) is 13.8 Å². The van der Waals surface area contributed by atoms with E-state index in [1.54, 1.807) is 27.7 Å². The van der Waals surface area contributed by atoms with Crippen molar-refractivity contribution in [3.63, 3.8) is 0 Å². The van der Waals surface area contributed by atoms with Crippen molar-refractivity contribution in [2.75, 3.05) is 26.4 Å². The number of hydrogen-bond acceptors (Lipinski definition) is 16. The van der Waals surface area contributed by atoms with Gasteiger partial charge >= 0.3 is 46.4 Å². The van der Waals surface area contributed by atoms with Crippen LogP contribution in [0.5, 0.6) is 0 Å². The largest absolute Gasteiger partial charge is 0.759 e. The van der Waals surface area contributed by atoms with Gasteiger partial charge in [-0.15, -0.1) is 0 Å². The number of carbonyl (C=O) groups is 4. The molecule has 0 saturated heterocycles. The SMILES string of the molecule is CCOC(=O)Cn1c(C)c([NH3+])c(=O)n(CC(=O)OCC)c1=O.CCOC(=O)Cn1c(C)c([NH3+])c(=O)n(CC(=O)OCC)c1=O.O=S(=O)([O-])[O-]. The third-order valence-corrected chi connectivity index (χ3v) is 5.98. The van der Waals surface area contributed by atoms with Crippen LogP contribution in [0.3, 0.4) is 0 Å². The van der Waals surface area contributed by atoms with Gasteiger partial charge in [0.15, 0.2) is 0 Å². The molecule has 0 radical (unpaired) electrons.